The van der Waals surface area contributed by atoms with Gasteiger partial charge in [-0.3, -0.25) is 9.59 Å². The number of nitrogens with one attached hydrogen (secondary N) is 2. The first-order valence-corrected chi connectivity index (χ1v) is 10.8. The molecule has 1 aromatic carbocycles. The summed E-state index contributed by atoms with van der Waals surface area (Å²) in [6, 6.07) is 4.69. The summed E-state index contributed by atoms with van der Waals surface area (Å²) >= 11 is 6.15. The lowest BCUT2D eigenvalue weighted by Crippen LogP contribution is -2.51. The van der Waals surface area contributed by atoms with E-state index >= 15 is 0 Å². The van der Waals surface area contributed by atoms with Crippen molar-refractivity contribution in [2.45, 2.75) is 52.3 Å². The molecule has 1 saturated carbocycles. The maximum atomic E-state index is 13.1. The molecule has 1 saturated heterocycles. The van der Waals surface area contributed by atoms with Crippen LogP contribution in [0.1, 0.15) is 39.2 Å². The predicted molar refractivity (Wildman–Crippen MR) is 114 cm³/mol. The molecule has 4 atom stereocenters. The predicted octanol–water partition coefficient (Wildman–Crippen LogP) is 1.78. The second-order valence-corrected chi connectivity index (χ2v) is 10.1. The highest BCUT2D eigenvalue weighted by molar-refractivity contribution is 6.30. The Morgan fingerprint density at radius 2 is 2.16 bits per heavy atom. The number of tetrazole rings is 1. The fourth-order valence-electron chi connectivity index (χ4n) is 4.38. The number of H-pyrrole nitrogens is 1. The number of aromatic nitrogens is 4. The Bertz CT molecular complexity index is 974. The highest BCUT2D eigenvalue weighted by atomic mass is 35.5. The highest BCUT2D eigenvalue weighted by Crippen LogP contribution is 2.50. The molecule has 1 aromatic heterocycles. The zero-order chi connectivity index (χ0) is 22.3. The summed E-state index contributed by atoms with van der Waals surface area (Å²) in [4.78, 5) is 27.5. The van der Waals surface area contributed by atoms with E-state index in [1.165, 1.54) is 0 Å². The number of benzene rings is 1. The van der Waals surface area contributed by atoms with Crippen LogP contribution in [0.25, 0.3) is 11.4 Å². The first-order chi connectivity index (χ1) is 14.6. The Balaban J connectivity index is 1.46. The maximum Gasteiger partial charge on any atom is 0.252 e. The van der Waals surface area contributed by atoms with Gasteiger partial charge in [0, 0.05) is 23.7 Å². The molecule has 2 aliphatic rings. The normalized spacial score (nSPS) is 23.4. The monoisotopic (exact) mass is 446 g/mol. The second-order valence-electron chi connectivity index (χ2n) is 9.63. The lowest BCUT2D eigenvalue weighted by atomic mass is 9.88. The SMILES string of the molecule is CC(C)(C)C[C@@H](O)C(=O)N1C[C@@H]2C[C@@H]2[C@H]1C(=O)NCc1cc(Cl)ccc1-c1nn[nH]n1. The number of aromatic amines is 1. The van der Waals surface area contributed by atoms with Gasteiger partial charge in [-0.2, -0.15) is 5.21 Å². The zero-order valence-corrected chi connectivity index (χ0v) is 18.6. The number of rotatable bonds is 6. The van der Waals surface area contributed by atoms with Gasteiger partial charge in [-0.15, -0.1) is 10.2 Å². The van der Waals surface area contributed by atoms with Crippen LogP contribution in [0.5, 0.6) is 0 Å². The number of nitrogens with zero attached hydrogens (tertiary/aromatic N) is 4. The summed E-state index contributed by atoms with van der Waals surface area (Å²) in [5.41, 5.74) is 1.27. The molecule has 31 heavy (non-hydrogen) atoms. The molecule has 0 unspecified atom stereocenters. The number of halogens is 1. The number of fused-ring (bicyclic) bond motifs is 1. The number of hydrogen-bond acceptors (Lipinski definition) is 6. The van der Waals surface area contributed by atoms with E-state index in [9.17, 15) is 14.7 Å². The number of carbonyl (C=O) groups is 2. The molecule has 166 valence electrons. The third-order valence-corrected chi connectivity index (χ3v) is 6.13. The molecule has 1 aliphatic heterocycles. The molecule has 4 rings (SSSR count). The van der Waals surface area contributed by atoms with Crippen molar-refractivity contribution in [2.75, 3.05) is 6.54 Å². The van der Waals surface area contributed by atoms with Crippen molar-refractivity contribution in [2.24, 2.45) is 17.3 Å². The molecule has 0 radical (unpaired) electrons. The molecule has 2 amide bonds. The quantitative estimate of drug-likeness (QED) is 0.621. The van der Waals surface area contributed by atoms with Crippen LogP contribution in [0.3, 0.4) is 0 Å². The standard InChI is InChI=1S/C21H27ClN6O3/c1-21(2,3)8-16(29)20(31)28-10-12-7-15(12)17(28)19(30)23-9-11-6-13(22)4-5-14(11)18-24-26-27-25-18/h4-6,12,15-17,29H,7-10H2,1-3H3,(H,23,30)(H,24,25,26,27)/t12-,15-,16+,17-/m0/s1. The zero-order valence-electron chi connectivity index (χ0n) is 17.8. The minimum absolute atomic E-state index is 0.154. The van der Waals surface area contributed by atoms with Crippen molar-refractivity contribution in [1.82, 2.24) is 30.8 Å². The van der Waals surface area contributed by atoms with Crippen molar-refractivity contribution in [3.8, 4) is 11.4 Å². The van der Waals surface area contributed by atoms with Crippen LogP contribution in [-0.4, -0.2) is 61.1 Å². The summed E-state index contributed by atoms with van der Waals surface area (Å²) in [5.74, 6) is 0.313. The lowest BCUT2D eigenvalue weighted by molar-refractivity contribution is -0.147. The number of carbonyl (C=O) groups excluding carboxylic acids is 2. The first kappa shape index (κ1) is 21.7. The highest BCUT2D eigenvalue weighted by Gasteiger charge is 2.57. The average molecular weight is 447 g/mol. The van der Waals surface area contributed by atoms with Crippen molar-refractivity contribution in [3.05, 3.63) is 28.8 Å². The number of amides is 2. The molecular formula is C21H27ClN6O3. The molecule has 0 spiro atoms. The smallest absolute Gasteiger partial charge is 0.252 e. The van der Waals surface area contributed by atoms with Crippen molar-refractivity contribution >= 4 is 23.4 Å². The van der Waals surface area contributed by atoms with Gasteiger partial charge in [-0.25, -0.2) is 0 Å². The van der Waals surface area contributed by atoms with Crippen LogP contribution >= 0.6 is 11.6 Å². The molecule has 3 N–H and O–H groups in total. The topological polar surface area (TPSA) is 124 Å². The van der Waals surface area contributed by atoms with Crippen LogP contribution in [0.4, 0.5) is 0 Å². The second kappa shape index (κ2) is 8.20. The van der Waals surface area contributed by atoms with Crippen LogP contribution in [0.15, 0.2) is 18.2 Å². The summed E-state index contributed by atoms with van der Waals surface area (Å²) < 4.78 is 0. The maximum absolute atomic E-state index is 13.1. The van der Waals surface area contributed by atoms with Gasteiger partial charge in [0.25, 0.3) is 5.91 Å². The van der Waals surface area contributed by atoms with Gasteiger partial charge in [0.1, 0.15) is 12.1 Å². The largest absolute Gasteiger partial charge is 0.383 e. The molecule has 2 aromatic rings. The number of aliphatic hydroxyl groups is 1. The molecule has 2 heterocycles. The fourth-order valence-corrected chi connectivity index (χ4v) is 4.57. The van der Waals surface area contributed by atoms with Crippen molar-refractivity contribution in [3.63, 3.8) is 0 Å². The number of likely N-dealkylation sites (tertiary alicyclic amines) is 1. The molecule has 1 aliphatic carbocycles. The molecule has 0 bridgehead atoms. The van der Waals surface area contributed by atoms with E-state index in [0.717, 1.165) is 12.0 Å². The van der Waals surface area contributed by atoms with E-state index in [1.807, 2.05) is 20.8 Å². The number of hydrogen-bond donors (Lipinski definition) is 3. The average Bonchev–Trinajstić information content (AvgIpc) is 3.10. The fraction of sp³-hybridized carbons (Fsp3) is 0.571. The van der Waals surface area contributed by atoms with Gasteiger partial charge in [0.2, 0.25) is 11.7 Å². The van der Waals surface area contributed by atoms with Gasteiger partial charge in [-0.1, -0.05) is 32.4 Å². The molecular weight excluding hydrogens is 420 g/mol. The van der Waals surface area contributed by atoms with Gasteiger partial charge < -0.3 is 15.3 Å². The summed E-state index contributed by atoms with van der Waals surface area (Å²) in [6.45, 7) is 6.65. The summed E-state index contributed by atoms with van der Waals surface area (Å²) in [7, 11) is 0. The van der Waals surface area contributed by atoms with E-state index in [1.54, 1.807) is 23.1 Å². The Morgan fingerprint density at radius 1 is 1.39 bits per heavy atom. The Morgan fingerprint density at radius 3 is 2.84 bits per heavy atom. The first-order valence-electron chi connectivity index (χ1n) is 10.4. The minimum Gasteiger partial charge on any atom is -0.383 e. The van der Waals surface area contributed by atoms with Crippen LogP contribution in [0, 0.1) is 17.3 Å². The van der Waals surface area contributed by atoms with Gasteiger partial charge in [0.15, 0.2) is 0 Å². The Kier molecular flexibility index (Phi) is 5.74. The van der Waals surface area contributed by atoms with Crippen LogP contribution in [-0.2, 0) is 16.1 Å². The van der Waals surface area contributed by atoms with Crippen molar-refractivity contribution in [1.29, 1.82) is 0 Å². The van der Waals surface area contributed by atoms with E-state index < -0.39 is 12.1 Å². The molecule has 9 nitrogen and oxygen atoms in total. The molecule has 2 fully saturated rings. The third-order valence-electron chi connectivity index (χ3n) is 5.90. The van der Waals surface area contributed by atoms with Gasteiger partial charge in [-0.05, 0) is 59.1 Å². The van der Waals surface area contributed by atoms with E-state index in [-0.39, 0.29) is 29.7 Å². The number of aliphatic hydroxyl groups excluding tert-OH is 1. The molecule has 10 heteroatoms. The summed E-state index contributed by atoms with van der Waals surface area (Å²) in [6.07, 6.45) is 0.177. The van der Waals surface area contributed by atoms with E-state index in [0.29, 0.717) is 35.3 Å². The van der Waals surface area contributed by atoms with Crippen LogP contribution in [0.2, 0.25) is 5.02 Å². The van der Waals surface area contributed by atoms with E-state index in [4.69, 9.17) is 11.6 Å². The lowest BCUT2D eigenvalue weighted by Gasteiger charge is -2.30. The van der Waals surface area contributed by atoms with E-state index in [2.05, 4.69) is 25.9 Å². The van der Waals surface area contributed by atoms with Gasteiger partial charge >= 0.3 is 0 Å². The minimum atomic E-state index is -1.11. The Hall–Kier alpha value is -2.52. The summed E-state index contributed by atoms with van der Waals surface area (Å²) in [5, 5.41) is 27.9. The Labute approximate surface area is 185 Å². The third kappa shape index (κ3) is 4.72. The number of piperidine rings is 1. The van der Waals surface area contributed by atoms with Crippen LogP contribution < -0.4 is 5.32 Å². The van der Waals surface area contributed by atoms with Crippen molar-refractivity contribution < 1.29 is 14.7 Å². The van der Waals surface area contributed by atoms with Gasteiger partial charge in [0.05, 0.1) is 0 Å².